The van der Waals surface area contributed by atoms with Crippen LogP contribution in [0.25, 0.3) is 11.1 Å². The van der Waals surface area contributed by atoms with Crippen LogP contribution >= 0.6 is 15.9 Å². The molecular weight excluding hydrogens is 558 g/mol. The van der Waals surface area contributed by atoms with E-state index in [1.165, 1.54) is 22.3 Å². The number of hydrogen-bond acceptors (Lipinski definition) is 4. The fraction of sp³-hybridized carbons (Fsp3) is 0.375. The lowest BCUT2D eigenvalue weighted by atomic mass is 9.76. The first kappa shape index (κ1) is 26.1. The van der Waals surface area contributed by atoms with Gasteiger partial charge in [0.2, 0.25) is 0 Å². The molecule has 1 saturated heterocycles. The lowest BCUT2D eigenvalue weighted by Gasteiger charge is -2.41. The van der Waals surface area contributed by atoms with Gasteiger partial charge in [-0.1, -0.05) is 76.6 Å². The SMILES string of the molecule is O=C(O)COC1(c2cccc(Br)c2)CCC2(CCCN(C(=O)OCC3c4ccccc4-c4ccccc43)C2)C1. The Morgan fingerprint density at radius 3 is 2.36 bits per heavy atom. The normalized spacial score (nSPS) is 24.0. The zero-order valence-electron chi connectivity index (χ0n) is 21.8. The van der Waals surface area contributed by atoms with Crippen LogP contribution in [0.1, 0.15) is 54.7 Å². The highest BCUT2D eigenvalue weighted by Gasteiger charge is 2.52. The van der Waals surface area contributed by atoms with Gasteiger partial charge < -0.3 is 19.5 Å². The number of hydrogen-bond donors (Lipinski definition) is 1. The maximum atomic E-state index is 13.4. The first-order chi connectivity index (χ1) is 18.9. The largest absolute Gasteiger partial charge is 0.480 e. The number of aliphatic carboxylic acids is 1. The van der Waals surface area contributed by atoms with Crippen LogP contribution in [-0.2, 0) is 19.9 Å². The zero-order chi connectivity index (χ0) is 27.0. The third-order valence-electron chi connectivity index (χ3n) is 8.80. The van der Waals surface area contributed by atoms with Crippen molar-refractivity contribution in [3.8, 4) is 11.1 Å². The number of rotatable bonds is 6. The second-order valence-electron chi connectivity index (χ2n) is 11.2. The summed E-state index contributed by atoms with van der Waals surface area (Å²) < 4.78 is 13.1. The van der Waals surface area contributed by atoms with Gasteiger partial charge >= 0.3 is 12.1 Å². The Hall–Kier alpha value is -3.16. The summed E-state index contributed by atoms with van der Waals surface area (Å²) >= 11 is 3.55. The lowest BCUT2D eigenvalue weighted by molar-refractivity contribution is -0.151. The van der Waals surface area contributed by atoms with Crippen molar-refractivity contribution >= 4 is 28.0 Å². The molecule has 6 nitrogen and oxygen atoms in total. The highest BCUT2D eigenvalue weighted by Crippen LogP contribution is 2.55. The summed E-state index contributed by atoms with van der Waals surface area (Å²) in [6.07, 6.45) is 3.85. The van der Waals surface area contributed by atoms with Gasteiger partial charge in [0.25, 0.3) is 0 Å². The van der Waals surface area contributed by atoms with Crippen LogP contribution in [0, 0.1) is 5.41 Å². The standard InChI is InChI=1S/C32H32BrNO5/c33-23-8-5-7-22(17-23)32(39-19-29(35)36)15-14-31(20-32)13-6-16-34(21-31)30(37)38-18-28-26-11-3-1-9-24(26)25-10-2-4-12-27(25)28/h1-5,7-12,17,28H,6,13-16,18-21H2,(H,35,36). The van der Waals surface area contributed by atoms with Crippen molar-refractivity contribution in [3.05, 3.63) is 94.0 Å². The molecule has 1 aliphatic heterocycles. The van der Waals surface area contributed by atoms with E-state index in [9.17, 15) is 14.7 Å². The van der Waals surface area contributed by atoms with Crippen molar-refractivity contribution in [3.63, 3.8) is 0 Å². The Labute approximate surface area is 237 Å². The average Bonchev–Trinajstić information content (AvgIpc) is 3.47. The number of ether oxygens (including phenoxy) is 2. The van der Waals surface area contributed by atoms with Crippen LogP contribution in [-0.4, -0.2) is 48.4 Å². The van der Waals surface area contributed by atoms with Crippen LogP contribution in [0.5, 0.6) is 0 Å². The van der Waals surface area contributed by atoms with Gasteiger partial charge in [0.15, 0.2) is 0 Å². The minimum Gasteiger partial charge on any atom is -0.480 e. The molecule has 202 valence electrons. The smallest absolute Gasteiger partial charge is 0.409 e. The molecule has 6 rings (SSSR count). The topological polar surface area (TPSA) is 76.1 Å². The number of amides is 1. The Bertz CT molecular complexity index is 1360. The van der Waals surface area contributed by atoms with Crippen LogP contribution in [0.2, 0.25) is 0 Å². The minimum atomic E-state index is -0.978. The number of carboxylic acids is 1. The van der Waals surface area contributed by atoms with Gasteiger partial charge in [-0.05, 0) is 77.5 Å². The number of nitrogens with zero attached hydrogens (tertiary/aromatic N) is 1. The molecule has 7 heteroatoms. The number of halogens is 1. The zero-order valence-corrected chi connectivity index (χ0v) is 23.4. The number of fused-ring (bicyclic) bond motifs is 3. The third kappa shape index (κ3) is 4.98. The molecule has 2 unspecified atom stereocenters. The van der Waals surface area contributed by atoms with Crippen molar-refractivity contribution in [2.75, 3.05) is 26.3 Å². The van der Waals surface area contributed by atoms with E-state index in [1.807, 2.05) is 53.4 Å². The molecule has 2 aliphatic carbocycles. The first-order valence-electron chi connectivity index (χ1n) is 13.6. The molecule has 3 aromatic rings. The van der Waals surface area contributed by atoms with Crippen molar-refractivity contribution in [1.82, 2.24) is 4.90 Å². The third-order valence-corrected chi connectivity index (χ3v) is 9.29. The molecule has 0 radical (unpaired) electrons. The number of likely N-dealkylation sites (tertiary alicyclic amines) is 1. The Balaban J connectivity index is 1.17. The quantitative estimate of drug-likeness (QED) is 0.336. The summed E-state index contributed by atoms with van der Waals surface area (Å²) in [5.41, 5.74) is 4.98. The molecule has 1 saturated carbocycles. The van der Waals surface area contributed by atoms with Gasteiger partial charge in [-0.3, -0.25) is 0 Å². The highest BCUT2D eigenvalue weighted by atomic mass is 79.9. The molecule has 39 heavy (non-hydrogen) atoms. The van der Waals surface area contributed by atoms with Gasteiger partial charge in [0.1, 0.15) is 13.2 Å². The molecular formula is C32H32BrNO5. The van der Waals surface area contributed by atoms with E-state index in [0.717, 1.165) is 35.7 Å². The van der Waals surface area contributed by atoms with Crippen LogP contribution < -0.4 is 0 Å². The van der Waals surface area contributed by atoms with Gasteiger partial charge in [-0.2, -0.15) is 0 Å². The molecule has 0 bridgehead atoms. The highest BCUT2D eigenvalue weighted by molar-refractivity contribution is 9.10. The molecule has 1 amide bonds. The van der Waals surface area contributed by atoms with E-state index in [1.54, 1.807) is 0 Å². The Kier molecular flexibility index (Phi) is 6.98. The van der Waals surface area contributed by atoms with Gasteiger partial charge in [0, 0.05) is 23.5 Å². The predicted molar refractivity (Wildman–Crippen MR) is 152 cm³/mol. The average molecular weight is 591 g/mol. The van der Waals surface area contributed by atoms with E-state index in [-0.39, 0.29) is 24.0 Å². The van der Waals surface area contributed by atoms with E-state index >= 15 is 0 Å². The second kappa shape index (κ2) is 10.4. The molecule has 1 N–H and O–H groups in total. The molecule has 2 atom stereocenters. The molecule has 1 spiro atoms. The van der Waals surface area contributed by atoms with Crippen LogP contribution in [0.3, 0.4) is 0 Å². The fourth-order valence-corrected chi connectivity index (χ4v) is 7.47. The molecule has 1 heterocycles. The van der Waals surface area contributed by atoms with Gasteiger partial charge in [0.05, 0.1) is 5.60 Å². The van der Waals surface area contributed by atoms with E-state index in [0.29, 0.717) is 26.1 Å². The summed E-state index contributed by atoms with van der Waals surface area (Å²) in [4.78, 5) is 26.7. The second-order valence-corrected chi connectivity index (χ2v) is 12.1. The Morgan fingerprint density at radius 2 is 1.67 bits per heavy atom. The lowest BCUT2D eigenvalue weighted by Crippen LogP contribution is -2.46. The molecule has 3 aromatic carbocycles. The number of carboxylic acid groups (broad SMARTS) is 1. The predicted octanol–water partition coefficient (Wildman–Crippen LogP) is 6.96. The first-order valence-corrected chi connectivity index (χ1v) is 14.4. The van der Waals surface area contributed by atoms with E-state index in [4.69, 9.17) is 9.47 Å². The van der Waals surface area contributed by atoms with E-state index in [2.05, 4.69) is 40.2 Å². The molecule has 3 aliphatic rings. The van der Waals surface area contributed by atoms with Crippen molar-refractivity contribution in [2.24, 2.45) is 5.41 Å². The van der Waals surface area contributed by atoms with Crippen molar-refractivity contribution < 1.29 is 24.2 Å². The maximum absolute atomic E-state index is 13.4. The fourth-order valence-electron chi connectivity index (χ4n) is 7.07. The number of carbonyl (C=O) groups is 2. The summed E-state index contributed by atoms with van der Waals surface area (Å²) in [5, 5.41) is 9.37. The van der Waals surface area contributed by atoms with Crippen molar-refractivity contribution in [1.29, 1.82) is 0 Å². The van der Waals surface area contributed by atoms with Gasteiger partial charge in [-0.25, -0.2) is 9.59 Å². The van der Waals surface area contributed by atoms with Crippen LogP contribution in [0.15, 0.2) is 77.3 Å². The monoisotopic (exact) mass is 589 g/mol. The number of benzene rings is 3. The summed E-state index contributed by atoms with van der Waals surface area (Å²) in [6, 6.07) is 24.6. The van der Waals surface area contributed by atoms with Gasteiger partial charge in [-0.15, -0.1) is 0 Å². The minimum absolute atomic E-state index is 0.0279. The van der Waals surface area contributed by atoms with E-state index < -0.39 is 11.6 Å². The molecule has 0 aromatic heterocycles. The maximum Gasteiger partial charge on any atom is 0.409 e. The summed E-state index contributed by atoms with van der Waals surface area (Å²) in [6.45, 7) is 1.22. The van der Waals surface area contributed by atoms with Crippen LogP contribution in [0.4, 0.5) is 4.79 Å². The summed E-state index contributed by atoms with van der Waals surface area (Å²) in [7, 11) is 0. The summed E-state index contributed by atoms with van der Waals surface area (Å²) in [5.74, 6) is -0.950. The van der Waals surface area contributed by atoms with Crippen molar-refractivity contribution in [2.45, 2.75) is 43.6 Å². The number of carbonyl (C=O) groups excluding carboxylic acids is 1. The number of piperidine rings is 1. The molecule has 2 fully saturated rings. The Morgan fingerprint density at radius 1 is 0.949 bits per heavy atom.